The van der Waals surface area contributed by atoms with Gasteiger partial charge in [-0.05, 0) is 153 Å². The summed E-state index contributed by atoms with van der Waals surface area (Å²) in [6.07, 6.45) is 4.04. The third kappa shape index (κ3) is 24.5. The normalized spacial score (nSPS) is 18.5. The highest BCUT2D eigenvalue weighted by molar-refractivity contribution is 7.89. The summed E-state index contributed by atoms with van der Waals surface area (Å²) in [6, 6.07) is 30.4. The first-order valence-corrected chi connectivity index (χ1v) is 29.1. The number of rotatable bonds is 22. The molecule has 4 aromatic rings. The molecule has 0 radical (unpaired) electrons. The topological polar surface area (TPSA) is 248 Å². The maximum absolute atomic E-state index is 13.6. The monoisotopic (exact) mass is 1140 g/mol. The van der Waals surface area contributed by atoms with E-state index in [2.05, 4.69) is 15.5 Å². The van der Waals surface area contributed by atoms with Crippen LogP contribution in [0.3, 0.4) is 0 Å². The summed E-state index contributed by atoms with van der Waals surface area (Å²) in [4.78, 5) is 37.5. The van der Waals surface area contributed by atoms with Gasteiger partial charge in [0.2, 0.25) is 0 Å². The van der Waals surface area contributed by atoms with Gasteiger partial charge in [-0.2, -0.15) is 0 Å². The molecule has 0 saturated carbocycles. The maximum atomic E-state index is 13.6. The van der Waals surface area contributed by atoms with E-state index >= 15 is 0 Å². The highest BCUT2D eigenvalue weighted by atomic mass is 32.2. The first-order valence-electron chi connectivity index (χ1n) is 26.2. The number of carbonyl (C=O) groups excluding carboxylic acids is 2. The number of hydroxylamine groups is 1. The van der Waals surface area contributed by atoms with E-state index in [9.17, 15) is 31.5 Å². The van der Waals surface area contributed by atoms with Crippen molar-refractivity contribution in [2.24, 2.45) is 0 Å². The molecule has 2 amide bonds. The second kappa shape index (κ2) is 32.1. The first kappa shape index (κ1) is 66.1. The largest absolute Gasteiger partial charge is 0.497 e. The van der Waals surface area contributed by atoms with Gasteiger partial charge in [0.1, 0.15) is 28.8 Å². The number of aliphatic hydroxyl groups is 1. The van der Waals surface area contributed by atoms with Crippen LogP contribution in [-0.4, -0.2) is 140 Å². The molecule has 3 saturated heterocycles. The molecule has 0 spiro atoms. The van der Waals surface area contributed by atoms with Crippen LogP contribution in [0.25, 0.3) is 0 Å². The minimum absolute atomic E-state index is 0. The van der Waals surface area contributed by atoms with Gasteiger partial charge in [-0.1, -0.05) is 77.4 Å². The fraction of sp³-hybridized carbons (Fsp3) is 0.544. The van der Waals surface area contributed by atoms with E-state index in [0.29, 0.717) is 31.3 Å². The molecule has 440 valence electrons. The molecule has 6 atom stereocenters. The smallest absolute Gasteiger partial charge is 0.407 e. The molecule has 22 heteroatoms. The average Bonchev–Trinajstić information content (AvgIpc) is 4.27. The van der Waals surface area contributed by atoms with Crippen LogP contribution in [0.1, 0.15) is 98.6 Å². The number of nitrogens with zero attached hydrogens (tertiary/aromatic N) is 1. The Bertz CT molecular complexity index is 2610. The molecule has 4 N–H and O–H groups in total. The Balaban J connectivity index is 0.000000281. The maximum Gasteiger partial charge on any atom is 0.407 e. The zero-order valence-corrected chi connectivity index (χ0v) is 47.7. The lowest BCUT2D eigenvalue weighted by atomic mass is 10.0. The lowest BCUT2D eigenvalue weighted by Gasteiger charge is -2.31. The molecule has 3 fully saturated rings. The fourth-order valence-corrected chi connectivity index (χ4v) is 9.99. The fourth-order valence-electron chi connectivity index (χ4n) is 7.92. The van der Waals surface area contributed by atoms with Gasteiger partial charge >= 0.3 is 12.2 Å². The molecular weight excluding hydrogens is 1060 g/mol. The lowest BCUT2D eigenvalue weighted by molar-refractivity contribution is -0.147. The van der Waals surface area contributed by atoms with Gasteiger partial charge in [-0.25, -0.2) is 26.4 Å². The number of ether oxygens (including phenoxy) is 7. The molecule has 79 heavy (non-hydrogen) atoms. The highest BCUT2D eigenvalue weighted by Gasteiger charge is 2.36. The van der Waals surface area contributed by atoms with Crippen LogP contribution in [0.5, 0.6) is 11.5 Å². The number of hydrogen-bond donors (Lipinski definition) is 4. The number of sulfonamides is 2. The summed E-state index contributed by atoms with van der Waals surface area (Å²) < 4.78 is 89.2. The SMILES string of the molecule is C.CC(C)(C)OC(=O)N[C@@H](Cc1ccccc1)C1CO1.COc1ccc(S(=O)(=O)N(C[C@@H](O)[C@H](Cc2ccccc2)NC(=O)OC(C)(C)C)OCC2CCCCO2)cc1.COc1ccc(S(=O)(=O)NOCC2CCCCO2)cc1. The van der Waals surface area contributed by atoms with Crippen molar-refractivity contribution in [3.63, 3.8) is 0 Å². The highest BCUT2D eigenvalue weighted by Crippen LogP contribution is 2.24. The Morgan fingerprint density at radius 3 is 1.57 bits per heavy atom. The van der Waals surface area contributed by atoms with E-state index in [0.717, 1.165) is 55.0 Å². The van der Waals surface area contributed by atoms with Crippen molar-refractivity contribution < 1.29 is 74.4 Å². The van der Waals surface area contributed by atoms with Gasteiger partial charge in [-0.3, -0.25) is 9.68 Å². The van der Waals surface area contributed by atoms with Crippen molar-refractivity contribution in [1.29, 1.82) is 0 Å². The standard InChI is InChI=1S/C28H40N2O8S.C15H21NO3.C13H19NO5S.CH4/c1-28(2,3)38-27(32)29-25(18-21-10-6-5-7-11-21)26(31)19-30(37-20-23-12-8-9-17-36-23)39(33,34)24-15-13-22(35-4)14-16-24;1-15(2,3)19-14(17)16-12(13-10-18-13)9-11-7-5-4-6-8-11;1-17-11-5-7-13(8-6-11)20(15,16)14-19-10-12-4-2-3-9-18-12;/h5-7,10-11,13-16,23,25-26,31H,8-9,12,17-20H2,1-4H3,(H,29,32);4-8,12-13H,9-10H2,1-3H3,(H,16,17);5-8,12,14H,2-4,9-10H2,1H3;1H4/t23?,25-,26+;12-,13?;;/m00../s1. The summed E-state index contributed by atoms with van der Waals surface area (Å²) in [5, 5.41) is 16.9. The van der Waals surface area contributed by atoms with Crippen LogP contribution in [0, 0.1) is 0 Å². The molecule has 4 aromatic carbocycles. The predicted molar refractivity (Wildman–Crippen MR) is 298 cm³/mol. The Hall–Kier alpha value is -5.40. The third-order valence-electron chi connectivity index (χ3n) is 12.0. The Labute approximate surface area is 468 Å². The lowest BCUT2D eigenvalue weighted by Crippen LogP contribution is -2.51. The molecule has 7 rings (SSSR count). The van der Waals surface area contributed by atoms with Crippen molar-refractivity contribution >= 4 is 32.2 Å². The Kier molecular flexibility index (Phi) is 26.9. The van der Waals surface area contributed by atoms with Crippen molar-refractivity contribution in [3.05, 3.63) is 120 Å². The van der Waals surface area contributed by atoms with Crippen molar-refractivity contribution in [3.8, 4) is 11.5 Å². The second-order valence-corrected chi connectivity index (χ2v) is 24.3. The number of alkyl carbamates (subject to hydrolysis) is 2. The van der Waals surface area contributed by atoms with E-state index in [4.69, 9.17) is 42.8 Å². The van der Waals surface area contributed by atoms with Gasteiger partial charge in [0.25, 0.3) is 20.0 Å². The number of methoxy groups -OCH3 is 2. The van der Waals surface area contributed by atoms with E-state index in [1.165, 1.54) is 56.2 Å². The minimum Gasteiger partial charge on any atom is -0.497 e. The van der Waals surface area contributed by atoms with Crippen molar-refractivity contribution in [2.75, 3.05) is 53.8 Å². The van der Waals surface area contributed by atoms with Crippen LogP contribution >= 0.6 is 0 Å². The van der Waals surface area contributed by atoms with Crippen molar-refractivity contribution in [2.45, 2.75) is 158 Å². The number of benzene rings is 4. The minimum atomic E-state index is -4.19. The summed E-state index contributed by atoms with van der Waals surface area (Å²) in [6.45, 7) is 12.5. The Morgan fingerprint density at radius 2 is 1.11 bits per heavy atom. The van der Waals surface area contributed by atoms with Crippen LogP contribution in [0.4, 0.5) is 9.59 Å². The molecule has 0 bridgehead atoms. The van der Waals surface area contributed by atoms with Gasteiger partial charge in [0, 0.05) is 13.2 Å². The van der Waals surface area contributed by atoms with E-state index in [1.807, 2.05) is 81.4 Å². The molecule has 20 nitrogen and oxygen atoms in total. The van der Waals surface area contributed by atoms with Gasteiger partial charge in [-0.15, -0.1) is 0 Å². The molecule has 3 aliphatic rings. The van der Waals surface area contributed by atoms with E-state index in [-0.39, 0.29) is 67.3 Å². The molecule has 3 heterocycles. The van der Waals surface area contributed by atoms with Crippen LogP contribution in [0.15, 0.2) is 119 Å². The number of nitrogens with one attached hydrogen (secondary N) is 3. The third-order valence-corrected chi connectivity index (χ3v) is 14.9. The Morgan fingerprint density at radius 1 is 0.646 bits per heavy atom. The number of aliphatic hydroxyl groups excluding tert-OH is 1. The average molecular weight is 1150 g/mol. The van der Waals surface area contributed by atoms with Gasteiger partial charge in [0.05, 0.1) is 80.8 Å². The summed E-state index contributed by atoms with van der Waals surface area (Å²) >= 11 is 0. The molecular formula is C57H84N4O16S2. The van der Waals surface area contributed by atoms with Crippen LogP contribution < -0.4 is 25.0 Å². The van der Waals surface area contributed by atoms with Gasteiger partial charge in [0.15, 0.2) is 0 Å². The van der Waals surface area contributed by atoms with E-state index in [1.54, 1.807) is 32.9 Å². The zero-order chi connectivity index (χ0) is 56.8. The van der Waals surface area contributed by atoms with Gasteiger partial charge < -0.3 is 48.9 Å². The molecule has 0 aromatic heterocycles. The number of carbonyl (C=O) groups is 2. The van der Waals surface area contributed by atoms with E-state index < -0.39 is 56.0 Å². The predicted octanol–water partition coefficient (Wildman–Crippen LogP) is 8.32. The van der Waals surface area contributed by atoms with Crippen LogP contribution in [0.2, 0.25) is 0 Å². The van der Waals surface area contributed by atoms with Crippen molar-refractivity contribution in [1.82, 2.24) is 20.0 Å². The number of amides is 2. The summed E-state index contributed by atoms with van der Waals surface area (Å²) in [7, 11) is -4.85. The summed E-state index contributed by atoms with van der Waals surface area (Å²) in [5.41, 5.74) is 0.795. The summed E-state index contributed by atoms with van der Waals surface area (Å²) in [5.74, 6) is 1.10. The molecule has 3 aliphatic heterocycles. The zero-order valence-electron chi connectivity index (χ0n) is 46.1. The molecule has 0 aliphatic carbocycles. The second-order valence-electron chi connectivity index (χ2n) is 20.8. The molecule has 3 unspecified atom stereocenters. The number of epoxide rings is 1. The quantitative estimate of drug-likeness (QED) is 0.0427. The van der Waals surface area contributed by atoms with Crippen LogP contribution in [-0.2, 0) is 66.2 Å². The first-order chi connectivity index (χ1) is 37.0. The number of hydrogen-bond acceptors (Lipinski definition) is 16.